The first-order chi connectivity index (χ1) is 10.6. The van der Waals surface area contributed by atoms with Crippen molar-refractivity contribution in [3.8, 4) is 0 Å². The van der Waals surface area contributed by atoms with Crippen molar-refractivity contribution < 1.29 is 14.3 Å². The highest BCUT2D eigenvalue weighted by atomic mass is 16.6. The summed E-state index contributed by atoms with van der Waals surface area (Å²) in [6, 6.07) is 9.83. The fraction of sp³-hybridized carbons (Fsp3) is 0.500. The highest BCUT2D eigenvalue weighted by Gasteiger charge is 2.48. The third-order valence-corrected chi connectivity index (χ3v) is 4.24. The molecule has 0 saturated carbocycles. The summed E-state index contributed by atoms with van der Waals surface area (Å²) in [5, 5.41) is 2.92. The van der Waals surface area contributed by atoms with Crippen LogP contribution < -0.4 is 5.32 Å². The van der Waals surface area contributed by atoms with Crippen molar-refractivity contribution >= 4 is 12.0 Å². The van der Waals surface area contributed by atoms with Crippen molar-refractivity contribution in [1.29, 1.82) is 0 Å². The average molecular weight is 303 g/mol. The number of amides is 2. The third kappa shape index (κ3) is 3.22. The number of benzene rings is 1. The van der Waals surface area contributed by atoms with E-state index in [1.807, 2.05) is 35.2 Å². The van der Waals surface area contributed by atoms with Gasteiger partial charge in [-0.1, -0.05) is 30.3 Å². The third-order valence-electron chi connectivity index (χ3n) is 4.24. The van der Waals surface area contributed by atoms with Gasteiger partial charge in [0.15, 0.2) is 0 Å². The number of likely N-dealkylation sites (N-methyl/N-ethyl adjacent to an activating group) is 1. The SMILES string of the molecule is CN1C[C@@]2(CCN(CC(=O)NCc3ccccc3)C2)OC1=O. The number of carbonyl (C=O) groups is 2. The summed E-state index contributed by atoms with van der Waals surface area (Å²) in [6.45, 7) is 2.89. The van der Waals surface area contributed by atoms with E-state index >= 15 is 0 Å². The van der Waals surface area contributed by atoms with E-state index < -0.39 is 5.60 Å². The lowest BCUT2D eigenvalue weighted by Crippen LogP contribution is -2.40. The number of likely N-dealkylation sites (tertiary alicyclic amines) is 1. The van der Waals surface area contributed by atoms with E-state index in [2.05, 4.69) is 5.32 Å². The van der Waals surface area contributed by atoms with Gasteiger partial charge in [0, 0.05) is 33.1 Å². The lowest BCUT2D eigenvalue weighted by molar-refractivity contribution is -0.122. The second kappa shape index (κ2) is 5.96. The van der Waals surface area contributed by atoms with E-state index in [1.54, 1.807) is 11.9 Å². The minimum absolute atomic E-state index is 0.00131. The van der Waals surface area contributed by atoms with Crippen molar-refractivity contribution in [2.24, 2.45) is 0 Å². The molecule has 1 spiro atoms. The first-order valence-electron chi connectivity index (χ1n) is 7.53. The zero-order valence-electron chi connectivity index (χ0n) is 12.7. The predicted molar refractivity (Wildman–Crippen MR) is 81.2 cm³/mol. The van der Waals surface area contributed by atoms with E-state index in [4.69, 9.17) is 4.74 Å². The molecule has 2 fully saturated rings. The Morgan fingerprint density at radius 3 is 2.77 bits per heavy atom. The molecule has 0 aromatic heterocycles. The van der Waals surface area contributed by atoms with E-state index in [0.717, 1.165) is 18.5 Å². The lowest BCUT2D eigenvalue weighted by atomic mass is 10.0. The number of carbonyl (C=O) groups excluding carboxylic acids is 2. The van der Waals surface area contributed by atoms with Crippen LogP contribution in [0.3, 0.4) is 0 Å². The monoisotopic (exact) mass is 303 g/mol. The van der Waals surface area contributed by atoms with Gasteiger partial charge in [0.2, 0.25) is 5.91 Å². The number of nitrogens with one attached hydrogen (secondary N) is 1. The second-order valence-electron chi connectivity index (χ2n) is 6.13. The number of hydrogen-bond acceptors (Lipinski definition) is 4. The molecule has 1 aromatic rings. The normalized spacial score (nSPS) is 24.8. The molecule has 0 radical (unpaired) electrons. The zero-order valence-corrected chi connectivity index (χ0v) is 12.7. The predicted octanol–water partition coefficient (Wildman–Crippen LogP) is 0.829. The number of ether oxygens (including phenoxy) is 1. The van der Waals surface area contributed by atoms with Gasteiger partial charge in [-0.15, -0.1) is 0 Å². The largest absolute Gasteiger partial charge is 0.439 e. The smallest absolute Gasteiger partial charge is 0.410 e. The fourth-order valence-corrected chi connectivity index (χ4v) is 3.12. The Hall–Kier alpha value is -2.08. The standard InChI is InChI=1S/C16H21N3O3/c1-18-11-16(22-15(18)21)7-8-19(12-16)10-14(20)17-9-13-5-3-2-4-6-13/h2-6H,7-12H2,1H3,(H,17,20)/t16-/m1/s1. The van der Waals surface area contributed by atoms with Crippen LogP contribution in [-0.4, -0.2) is 60.6 Å². The van der Waals surface area contributed by atoms with Crippen molar-refractivity contribution in [3.05, 3.63) is 35.9 Å². The molecular formula is C16H21N3O3. The molecule has 2 amide bonds. The minimum Gasteiger partial charge on any atom is -0.439 e. The summed E-state index contributed by atoms with van der Waals surface area (Å²) < 4.78 is 5.48. The molecule has 2 aliphatic rings. The highest BCUT2D eigenvalue weighted by molar-refractivity contribution is 5.78. The fourth-order valence-electron chi connectivity index (χ4n) is 3.12. The zero-order chi connectivity index (χ0) is 15.6. The van der Waals surface area contributed by atoms with E-state index in [1.165, 1.54) is 0 Å². The number of nitrogens with zero attached hydrogens (tertiary/aromatic N) is 2. The van der Waals surface area contributed by atoms with Crippen LogP contribution in [0.1, 0.15) is 12.0 Å². The summed E-state index contributed by atoms with van der Waals surface area (Å²) in [6.07, 6.45) is 0.519. The molecule has 2 aliphatic heterocycles. The number of hydrogen-bond donors (Lipinski definition) is 1. The maximum Gasteiger partial charge on any atom is 0.410 e. The van der Waals surface area contributed by atoms with Crippen molar-refractivity contribution in [2.45, 2.75) is 18.6 Å². The maximum absolute atomic E-state index is 12.0. The van der Waals surface area contributed by atoms with Crippen LogP contribution in [0.2, 0.25) is 0 Å². The molecule has 6 heteroatoms. The molecule has 6 nitrogen and oxygen atoms in total. The van der Waals surface area contributed by atoms with Gasteiger partial charge in [-0.2, -0.15) is 0 Å². The van der Waals surface area contributed by atoms with Gasteiger partial charge in [0.1, 0.15) is 5.60 Å². The topological polar surface area (TPSA) is 61.9 Å². The van der Waals surface area contributed by atoms with Crippen LogP contribution in [0.25, 0.3) is 0 Å². The molecule has 1 aromatic carbocycles. The summed E-state index contributed by atoms with van der Waals surface area (Å²) in [5.41, 5.74) is 0.658. The molecule has 1 atom stereocenters. The Bertz CT molecular complexity index is 563. The Kier molecular flexibility index (Phi) is 4.02. The first kappa shape index (κ1) is 14.8. The van der Waals surface area contributed by atoms with Crippen LogP contribution in [0, 0.1) is 0 Å². The van der Waals surface area contributed by atoms with Gasteiger partial charge in [0.25, 0.3) is 0 Å². The van der Waals surface area contributed by atoms with Gasteiger partial charge < -0.3 is 15.0 Å². The Morgan fingerprint density at radius 1 is 1.32 bits per heavy atom. The van der Waals surface area contributed by atoms with Gasteiger partial charge in [-0.05, 0) is 5.56 Å². The molecule has 2 heterocycles. The van der Waals surface area contributed by atoms with Gasteiger partial charge in [0.05, 0.1) is 13.1 Å². The molecule has 0 bridgehead atoms. The van der Waals surface area contributed by atoms with Crippen LogP contribution >= 0.6 is 0 Å². The molecule has 2 saturated heterocycles. The highest BCUT2D eigenvalue weighted by Crippen LogP contribution is 2.31. The van der Waals surface area contributed by atoms with Gasteiger partial charge >= 0.3 is 6.09 Å². The van der Waals surface area contributed by atoms with E-state index in [9.17, 15) is 9.59 Å². The first-order valence-corrected chi connectivity index (χ1v) is 7.53. The van der Waals surface area contributed by atoms with E-state index in [-0.39, 0.29) is 12.0 Å². The molecule has 3 rings (SSSR count). The Balaban J connectivity index is 1.46. The van der Waals surface area contributed by atoms with Crippen LogP contribution in [0.4, 0.5) is 4.79 Å². The Morgan fingerprint density at radius 2 is 2.09 bits per heavy atom. The minimum atomic E-state index is -0.425. The van der Waals surface area contributed by atoms with Crippen molar-refractivity contribution in [3.63, 3.8) is 0 Å². The summed E-state index contributed by atoms with van der Waals surface area (Å²) in [7, 11) is 1.74. The number of rotatable bonds is 4. The summed E-state index contributed by atoms with van der Waals surface area (Å²) in [5.74, 6) is -0.00131. The van der Waals surface area contributed by atoms with Crippen LogP contribution in [0.15, 0.2) is 30.3 Å². The summed E-state index contributed by atoms with van der Waals surface area (Å²) >= 11 is 0. The summed E-state index contributed by atoms with van der Waals surface area (Å²) in [4.78, 5) is 27.2. The maximum atomic E-state index is 12.0. The van der Waals surface area contributed by atoms with Crippen LogP contribution in [-0.2, 0) is 16.1 Å². The second-order valence-corrected chi connectivity index (χ2v) is 6.13. The molecule has 0 aliphatic carbocycles. The molecule has 22 heavy (non-hydrogen) atoms. The average Bonchev–Trinajstić information content (AvgIpc) is 3.01. The molecule has 1 N–H and O–H groups in total. The molecule has 118 valence electrons. The lowest BCUT2D eigenvalue weighted by Gasteiger charge is -2.21. The molecular weight excluding hydrogens is 282 g/mol. The van der Waals surface area contributed by atoms with Gasteiger partial charge in [-0.3, -0.25) is 9.69 Å². The van der Waals surface area contributed by atoms with Crippen molar-refractivity contribution in [2.75, 3.05) is 33.2 Å². The Labute approximate surface area is 130 Å². The van der Waals surface area contributed by atoms with Crippen molar-refractivity contribution in [1.82, 2.24) is 15.1 Å². The van der Waals surface area contributed by atoms with Crippen LogP contribution in [0.5, 0.6) is 0 Å². The van der Waals surface area contributed by atoms with E-state index in [0.29, 0.717) is 26.2 Å². The van der Waals surface area contributed by atoms with Gasteiger partial charge in [-0.25, -0.2) is 4.79 Å². The molecule has 0 unspecified atom stereocenters. The quantitative estimate of drug-likeness (QED) is 0.895.